The Hall–Kier alpha value is -0.0151. The van der Waals surface area contributed by atoms with Crippen LogP contribution in [0.2, 0.25) is 6.32 Å². The summed E-state index contributed by atoms with van der Waals surface area (Å²) in [4.78, 5) is 1.51. The number of hydrogen-bond donors (Lipinski definition) is 1. The van der Waals surface area contributed by atoms with Gasteiger partial charge in [-0.3, -0.25) is 0 Å². The average Bonchev–Trinajstić information content (AvgIpc) is 2.34. The zero-order valence-electron chi connectivity index (χ0n) is 14.4. The van der Waals surface area contributed by atoms with Crippen molar-refractivity contribution < 1.29 is 0 Å². The third-order valence-electron chi connectivity index (χ3n) is 5.11. The Kier molecular flexibility index (Phi) is 4.86. The lowest BCUT2D eigenvalue weighted by Gasteiger charge is -2.38. The van der Waals surface area contributed by atoms with E-state index in [2.05, 4.69) is 59.7 Å². The molecule has 0 bridgehead atoms. The molecular formula is C18H29BS2. The molecule has 0 aliphatic carbocycles. The van der Waals surface area contributed by atoms with E-state index in [1.54, 1.807) is 0 Å². The summed E-state index contributed by atoms with van der Waals surface area (Å²) in [7, 11) is 1.15. The molecule has 0 amide bonds. The van der Waals surface area contributed by atoms with Gasteiger partial charge in [-0.05, 0) is 22.8 Å². The summed E-state index contributed by atoms with van der Waals surface area (Å²) < 4.78 is 0.0555. The normalized spacial score (nSPS) is 18.2. The summed E-state index contributed by atoms with van der Waals surface area (Å²) in [6.07, 6.45) is 2.39. The lowest BCUT2D eigenvalue weighted by Crippen LogP contribution is -2.36. The highest BCUT2D eigenvalue weighted by molar-refractivity contribution is 7.99. The summed E-state index contributed by atoms with van der Waals surface area (Å²) in [6, 6.07) is 7.12. The van der Waals surface area contributed by atoms with Gasteiger partial charge in [0.05, 0.1) is 0 Å². The molecule has 1 aliphatic heterocycles. The van der Waals surface area contributed by atoms with E-state index in [0.717, 1.165) is 7.28 Å². The summed E-state index contributed by atoms with van der Waals surface area (Å²) in [6.45, 7) is 13.8. The summed E-state index contributed by atoms with van der Waals surface area (Å²) >= 11 is 6.81. The fourth-order valence-corrected chi connectivity index (χ4v) is 3.96. The number of thioether (sulfide) groups is 1. The lowest BCUT2D eigenvalue weighted by molar-refractivity contribution is 0.322. The van der Waals surface area contributed by atoms with Gasteiger partial charge in [-0.25, -0.2) is 0 Å². The van der Waals surface area contributed by atoms with E-state index >= 15 is 0 Å². The van der Waals surface area contributed by atoms with Crippen molar-refractivity contribution in [3.63, 3.8) is 0 Å². The van der Waals surface area contributed by atoms with Crippen molar-refractivity contribution in [3.8, 4) is 0 Å². The number of rotatable bonds is 4. The van der Waals surface area contributed by atoms with E-state index < -0.39 is 0 Å². The van der Waals surface area contributed by atoms with E-state index in [1.165, 1.54) is 34.4 Å². The molecule has 3 heteroatoms. The molecule has 1 heterocycles. The van der Waals surface area contributed by atoms with Crippen LogP contribution in [-0.4, -0.2) is 17.8 Å². The highest BCUT2D eigenvalue weighted by Crippen LogP contribution is 2.40. The molecule has 0 aromatic heterocycles. The molecule has 0 saturated carbocycles. The molecule has 1 aliphatic rings. The topological polar surface area (TPSA) is 0 Å². The average molecular weight is 320 g/mol. The zero-order valence-corrected chi connectivity index (χ0v) is 16.1. The van der Waals surface area contributed by atoms with E-state index in [1.807, 2.05) is 11.8 Å². The molecule has 0 unspecified atom stereocenters. The van der Waals surface area contributed by atoms with Crippen molar-refractivity contribution in [2.75, 3.05) is 5.75 Å². The Bertz CT molecular complexity index is 512. The number of fused-ring (bicyclic) bond motifs is 1. The smallest absolute Gasteiger partial charge is 0.158 e. The molecule has 0 nitrogen and oxygen atoms in total. The van der Waals surface area contributed by atoms with Gasteiger partial charge in [-0.15, -0.1) is 11.8 Å². The minimum atomic E-state index is 0.0555. The monoisotopic (exact) mass is 320 g/mol. The quantitative estimate of drug-likeness (QED) is 0.626. The lowest BCUT2D eigenvalue weighted by atomic mass is 9.57. The standard InChI is InChI=1S/C18H29BS2/c1-16(2)10-13-7-8-14(9-15(13)21-12-16)19-11-17(3,4)18(5,6)20/h7-9,19-20H,10-12H2,1-6H3. The maximum absolute atomic E-state index is 4.78. The second kappa shape index (κ2) is 5.89. The first-order valence-electron chi connectivity index (χ1n) is 7.97. The van der Waals surface area contributed by atoms with Crippen LogP contribution >= 0.6 is 24.4 Å². The van der Waals surface area contributed by atoms with Crippen molar-refractivity contribution in [3.05, 3.63) is 23.8 Å². The molecule has 116 valence electrons. The number of benzene rings is 1. The van der Waals surface area contributed by atoms with Crippen LogP contribution in [0.5, 0.6) is 0 Å². The van der Waals surface area contributed by atoms with Gasteiger partial charge in [0.2, 0.25) is 0 Å². The summed E-state index contributed by atoms with van der Waals surface area (Å²) in [5, 5.41) is 0. The van der Waals surface area contributed by atoms with Gasteiger partial charge in [0, 0.05) is 15.4 Å². The number of thiol groups is 1. The Morgan fingerprint density at radius 3 is 2.52 bits per heavy atom. The highest BCUT2D eigenvalue weighted by Gasteiger charge is 2.33. The van der Waals surface area contributed by atoms with Crippen LogP contribution in [0.25, 0.3) is 0 Å². The molecule has 0 fully saturated rings. The maximum Gasteiger partial charge on any atom is 0.158 e. The maximum atomic E-state index is 4.78. The van der Waals surface area contributed by atoms with E-state index in [9.17, 15) is 0 Å². The van der Waals surface area contributed by atoms with E-state index in [4.69, 9.17) is 12.6 Å². The van der Waals surface area contributed by atoms with Crippen molar-refractivity contribution in [2.24, 2.45) is 10.8 Å². The fraction of sp³-hybridized carbons (Fsp3) is 0.667. The van der Waals surface area contributed by atoms with Crippen molar-refractivity contribution >= 4 is 37.1 Å². The van der Waals surface area contributed by atoms with Crippen molar-refractivity contribution in [2.45, 2.75) is 63.9 Å². The van der Waals surface area contributed by atoms with Crippen molar-refractivity contribution in [1.29, 1.82) is 0 Å². The second-order valence-corrected chi connectivity index (χ2v) is 10.6. The predicted octanol–water partition coefficient (Wildman–Crippen LogP) is 4.58. The van der Waals surface area contributed by atoms with Gasteiger partial charge in [-0.1, -0.05) is 71.5 Å². The minimum Gasteiger partial charge on any atom is -0.173 e. The van der Waals surface area contributed by atoms with Crippen molar-refractivity contribution in [1.82, 2.24) is 0 Å². The van der Waals surface area contributed by atoms with Crippen LogP contribution in [-0.2, 0) is 6.42 Å². The Labute approximate surface area is 141 Å². The summed E-state index contributed by atoms with van der Waals surface area (Å²) in [5.41, 5.74) is 3.69. The van der Waals surface area contributed by atoms with Gasteiger partial charge in [-0.2, -0.15) is 12.6 Å². The Morgan fingerprint density at radius 1 is 1.24 bits per heavy atom. The van der Waals surface area contributed by atoms with Crippen LogP contribution in [0.1, 0.15) is 47.1 Å². The van der Waals surface area contributed by atoms with Gasteiger partial charge < -0.3 is 0 Å². The molecule has 2 rings (SSSR count). The van der Waals surface area contributed by atoms with Crippen LogP contribution in [0.4, 0.5) is 0 Å². The molecule has 1 aromatic carbocycles. The summed E-state index contributed by atoms with van der Waals surface area (Å²) in [5.74, 6) is 1.23. The van der Waals surface area contributed by atoms with Crippen LogP contribution in [0.3, 0.4) is 0 Å². The van der Waals surface area contributed by atoms with Crippen LogP contribution in [0, 0.1) is 10.8 Å². The highest BCUT2D eigenvalue weighted by atomic mass is 32.2. The van der Waals surface area contributed by atoms with Crippen LogP contribution in [0.15, 0.2) is 23.1 Å². The van der Waals surface area contributed by atoms with Gasteiger partial charge in [0.1, 0.15) is 0 Å². The first-order valence-corrected chi connectivity index (χ1v) is 9.41. The largest absolute Gasteiger partial charge is 0.173 e. The molecular weight excluding hydrogens is 291 g/mol. The number of hydrogen-bond acceptors (Lipinski definition) is 2. The third-order valence-corrected chi connectivity index (χ3v) is 7.34. The Balaban J connectivity index is 2.07. The van der Waals surface area contributed by atoms with E-state index in [0.29, 0.717) is 5.41 Å². The zero-order chi connectivity index (χ0) is 15.9. The molecule has 0 atom stereocenters. The third kappa shape index (κ3) is 4.25. The molecule has 1 aromatic rings. The first-order chi connectivity index (χ1) is 9.50. The van der Waals surface area contributed by atoms with Crippen LogP contribution < -0.4 is 5.46 Å². The van der Waals surface area contributed by atoms with Gasteiger partial charge in [0.25, 0.3) is 0 Å². The molecule has 0 spiro atoms. The second-order valence-electron chi connectivity index (χ2n) is 8.51. The van der Waals surface area contributed by atoms with Gasteiger partial charge >= 0.3 is 0 Å². The fourth-order valence-electron chi connectivity index (χ4n) is 2.64. The molecule has 0 saturated heterocycles. The molecule has 0 N–H and O–H groups in total. The molecule has 0 radical (unpaired) electrons. The SMILES string of the molecule is CC1(C)CSc2cc(BCC(C)(C)C(C)(C)S)ccc2C1. The minimum absolute atomic E-state index is 0.0555. The predicted molar refractivity (Wildman–Crippen MR) is 103 cm³/mol. The molecule has 21 heavy (non-hydrogen) atoms. The first kappa shape index (κ1) is 17.3. The van der Waals surface area contributed by atoms with E-state index in [-0.39, 0.29) is 10.2 Å². The Morgan fingerprint density at radius 2 is 1.90 bits per heavy atom. The van der Waals surface area contributed by atoms with Gasteiger partial charge in [0.15, 0.2) is 7.28 Å².